The maximum Gasteiger partial charge on any atom is 0.346 e. The number of rotatable bonds is 17. The number of thiophene rings is 4. The molecule has 5 aromatic carbocycles. The Kier molecular flexibility index (Phi) is 16.1. The van der Waals surface area contributed by atoms with Gasteiger partial charge in [0.25, 0.3) is 0 Å². The molecule has 11 heteroatoms. The van der Waals surface area contributed by atoms with E-state index in [1.807, 2.05) is 24.3 Å². The van der Waals surface area contributed by atoms with Crippen LogP contribution in [0.5, 0.6) is 0 Å². The van der Waals surface area contributed by atoms with Crippen LogP contribution in [0, 0.1) is 36.5 Å². The molecule has 0 saturated heterocycles. The Morgan fingerprint density at radius 2 is 0.760 bits per heavy atom. The van der Waals surface area contributed by atoms with Crippen LogP contribution in [0.15, 0.2) is 193 Å². The first kappa shape index (κ1) is 51.0. The Hall–Kier alpha value is -8.94. The number of aryl methyl sites for hydroxylation is 2. The van der Waals surface area contributed by atoms with Gasteiger partial charge in [0.15, 0.2) is 0 Å². The number of hydrogen-bond acceptors (Lipinski definition) is 9. The normalized spacial score (nSPS) is 11.8. The van der Waals surface area contributed by atoms with Crippen molar-refractivity contribution >= 4 is 122 Å². The summed E-state index contributed by atoms with van der Waals surface area (Å²) in [6, 6.07) is 62.2. The van der Waals surface area contributed by atoms with E-state index in [-0.39, 0.29) is 11.1 Å². The predicted octanol–water partition coefficient (Wildman–Crippen LogP) is 17.8. The summed E-state index contributed by atoms with van der Waals surface area (Å²) in [5.74, 6) is -2.48. The highest BCUT2D eigenvalue weighted by Gasteiger charge is 2.15. The second-order valence-corrected chi connectivity index (χ2v) is 21.7. The van der Waals surface area contributed by atoms with Gasteiger partial charge in [0.2, 0.25) is 0 Å². The molecule has 0 bridgehead atoms. The molecule has 0 unspecified atom stereocenters. The summed E-state index contributed by atoms with van der Waals surface area (Å²) in [5.41, 5.74) is 11.5. The summed E-state index contributed by atoms with van der Waals surface area (Å²) < 4.78 is 0. The summed E-state index contributed by atoms with van der Waals surface area (Å²) in [4.78, 5) is 32.6. The van der Waals surface area contributed by atoms with Crippen molar-refractivity contribution in [2.75, 3.05) is 4.90 Å². The molecule has 2 N–H and O–H groups in total. The van der Waals surface area contributed by atoms with Crippen molar-refractivity contribution in [2.24, 2.45) is 0 Å². The summed E-state index contributed by atoms with van der Waals surface area (Å²) in [7, 11) is 0. The number of carboxylic acids is 2. The van der Waals surface area contributed by atoms with Gasteiger partial charge in [-0.3, -0.25) is 0 Å². The van der Waals surface area contributed by atoms with Crippen molar-refractivity contribution in [1.82, 2.24) is 0 Å². The van der Waals surface area contributed by atoms with E-state index in [0.717, 1.165) is 79.7 Å². The Balaban J connectivity index is 0.954. The lowest BCUT2D eigenvalue weighted by atomic mass is 9.96. The molecule has 7 nitrogen and oxygen atoms in total. The fourth-order valence-electron chi connectivity index (χ4n) is 7.93. The number of nitrogens with zero attached hydrogens (tertiary/aromatic N) is 3. The van der Waals surface area contributed by atoms with Crippen LogP contribution < -0.4 is 4.90 Å². The quantitative estimate of drug-likeness (QED) is 0.0528. The molecule has 9 rings (SSSR count). The first-order valence-corrected chi connectivity index (χ1v) is 26.8. The summed E-state index contributed by atoms with van der Waals surface area (Å²) in [6.45, 7) is 4.21. The number of benzene rings is 5. The van der Waals surface area contributed by atoms with Crippen LogP contribution in [0.2, 0.25) is 0 Å². The average Bonchev–Trinajstić information content (AvgIpc) is 4.28. The summed E-state index contributed by atoms with van der Waals surface area (Å²) in [5, 5.41) is 36.9. The molecule has 0 aliphatic carbocycles. The van der Waals surface area contributed by atoms with Crippen molar-refractivity contribution in [3.05, 3.63) is 252 Å². The molecule has 364 valence electrons. The average molecular weight is 1050 g/mol. The number of aliphatic carboxylic acids is 2. The van der Waals surface area contributed by atoms with E-state index < -0.39 is 11.9 Å². The van der Waals surface area contributed by atoms with Gasteiger partial charge in [-0.1, -0.05) is 126 Å². The summed E-state index contributed by atoms with van der Waals surface area (Å²) in [6.07, 6.45) is 17.6. The highest BCUT2D eigenvalue weighted by Crippen LogP contribution is 2.39. The van der Waals surface area contributed by atoms with E-state index in [0.29, 0.717) is 9.75 Å². The molecule has 0 saturated carbocycles. The van der Waals surface area contributed by atoms with E-state index in [1.165, 1.54) is 46.0 Å². The van der Waals surface area contributed by atoms with Gasteiger partial charge in [-0.2, -0.15) is 10.5 Å². The molecule has 4 heterocycles. The first-order chi connectivity index (χ1) is 36.5. The van der Waals surface area contributed by atoms with Crippen LogP contribution in [0.1, 0.15) is 58.5 Å². The Labute approximate surface area is 451 Å². The Bertz CT molecular complexity index is 3570. The third-order valence-corrected chi connectivity index (χ3v) is 16.4. The summed E-state index contributed by atoms with van der Waals surface area (Å²) >= 11 is 6.18. The molecule has 0 radical (unpaired) electrons. The zero-order valence-electron chi connectivity index (χ0n) is 40.5. The van der Waals surface area contributed by atoms with Gasteiger partial charge >= 0.3 is 11.9 Å². The van der Waals surface area contributed by atoms with Gasteiger partial charge in [0, 0.05) is 56.1 Å². The van der Waals surface area contributed by atoms with Crippen LogP contribution in [-0.2, 0) is 9.59 Å². The van der Waals surface area contributed by atoms with E-state index in [9.17, 15) is 30.3 Å². The van der Waals surface area contributed by atoms with E-state index in [2.05, 4.69) is 207 Å². The van der Waals surface area contributed by atoms with Gasteiger partial charge in [0.1, 0.15) is 23.3 Å². The lowest BCUT2D eigenvalue weighted by Gasteiger charge is -2.26. The maximum atomic E-state index is 11.3. The fourth-order valence-corrected chi connectivity index (χ4v) is 11.8. The number of carbonyl (C=O) groups is 2. The lowest BCUT2D eigenvalue weighted by Crippen LogP contribution is -2.09. The molecular formula is C64H45N3O4S4. The number of nitriles is 2. The van der Waals surface area contributed by atoms with Crippen LogP contribution in [0.25, 0.3) is 67.6 Å². The number of carboxylic acid groups (broad SMARTS) is 2. The number of allylic oxidation sites excluding steroid dienone is 2. The lowest BCUT2D eigenvalue weighted by molar-refractivity contribution is -0.133. The smallest absolute Gasteiger partial charge is 0.346 e. The van der Waals surface area contributed by atoms with Crippen molar-refractivity contribution in [2.45, 2.75) is 13.8 Å². The van der Waals surface area contributed by atoms with Gasteiger partial charge < -0.3 is 15.1 Å². The minimum absolute atomic E-state index is 0.294. The SMILES string of the molecule is Cc1ccc(C(=C/C=C/c2ccc(N(c3ccc(/C=C/c4ccc(-c5ccc(/C=C(\C#N)C(=O)O)s5)s4)cc3)c3ccc(/C=C/c4ccc(-c5ccc(/C=C(\C#N)C(=O)O)s5)s4)cc3)cc2)c2ccc(C)cc2)cc1. The molecule has 0 aliphatic heterocycles. The van der Waals surface area contributed by atoms with Crippen molar-refractivity contribution in [3.63, 3.8) is 0 Å². The van der Waals surface area contributed by atoms with Gasteiger partial charge in [-0.05, 0) is 156 Å². The second-order valence-electron chi connectivity index (χ2n) is 17.2. The molecular weight excluding hydrogens is 1000 g/mol. The molecule has 0 aliphatic rings. The highest BCUT2D eigenvalue weighted by atomic mass is 32.1. The number of hydrogen-bond donors (Lipinski definition) is 2. The molecule has 4 aromatic heterocycles. The minimum atomic E-state index is -1.24. The van der Waals surface area contributed by atoms with Gasteiger partial charge in [0.05, 0.1) is 0 Å². The zero-order chi connectivity index (χ0) is 52.3. The van der Waals surface area contributed by atoms with E-state index >= 15 is 0 Å². The van der Waals surface area contributed by atoms with Crippen LogP contribution >= 0.6 is 45.3 Å². The highest BCUT2D eigenvalue weighted by molar-refractivity contribution is 7.23. The molecule has 0 fully saturated rings. The van der Waals surface area contributed by atoms with Crippen LogP contribution in [0.3, 0.4) is 0 Å². The fraction of sp³-hybridized carbons (Fsp3) is 0.0312. The monoisotopic (exact) mass is 1050 g/mol. The standard InChI is InChI=1S/C64H45N3O4S4/c1-42-6-18-47(19-7-42)58(48-20-8-43(2)9-21-48)5-3-4-44-10-22-51(23-11-44)67(52-24-12-45(13-25-52)16-28-54-30-34-59(72-54)61-36-32-56(74-61)38-49(40-65)63(68)69)53-26-14-46(15-27-53)17-29-55-31-35-60(73-55)62-37-33-57(75-62)39-50(41-66)64(70)71/h3-39H,1-2H3,(H,68,69)(H,70,71)/b4-3+,28-16+,29-17+,49-38+,50-39+. The molecule has 0 amide bonds. The van der Waals surface area contributed by atoms with Crippen LogP contribution in [0.4, 0.5) is 17.1 Å². The first-order valence-electron chi connectivity index (χ1n) is 23.6. The Morgan fingerprint density at radius 3 is 1.11 bits per heavy atom. The molecule has 0 spiro atoms. The Morgan fingerprint density at radius 1 is 0.427 bits per heavy atom. The third kappa shape index (κ3) is 13.0. The third-order valence-electron chi connectivity index (χ3n) is 11.9. The van der Waals surface area contributed by atoms with Crippen molar-refractivity contribution < 1.29 is 19.8 Å². The topological polar surface area (TPSA) is 125 Å². The van der Waals surface area contributed by atoms with Crippen molar-refractivity contribution in [1.29, 1.82) is 10.5 Å². The van der Waals surface area contributed by atoms with Crippen molar-refractivity contribution in [3.8, 4) is 31.6 Å². The molecule has 9 aromatic rings. The maximum absolute atomic E-state index is 11.3. The van der Waals surface area contributed by atoms with E-state index in [4.69, 9.17) is 0 Å². The molecule has 0 atom stereocenters. The minimum Gasteiger partial charge on any atom is -0.477 e. The predicted molar refractivity (Wildman–Crippen MR) is 315 cm³/mol. The largest absolute Gasteiger partial charge is 0.477 e. The van der Waals surface area contributed by atoms with Gasteiger partial charge in [-0.15, -0.1) is 45.3 Å². The van der Waals surface area contributed by atoms with E-state index in [1.54, 1.807) is 34.8 Å². The molecule has 75 heavy (non-hydrogen) atoms. The van der Waals surface area contributed by atoms with Crippen LogP contribution in [-0.4, -0.2) is 22.2 Å². The number of anilines is 3. The zero-order valence-corrected chi connectivity index (χ0v) is 43.8. The second kappa shape index (κ2) is 23.7. The van der Waals surface area contributed by atoms with Gasteiger partial charge in [-0.25, -0.2) is 9.59 Å².